The van der Waals surface area contributed by atoms with Gasteiger partial charge in [0.25, 0.3) is 5.91 Å². The van der Waals surface area contributed by atoms with E-state index in [9.17, 15) is 9.90 Å². The summed E-state index contributed by atoms with van der Waals surface area (Å²) in [4.78, 5) is 14.2. The Balaban J connectivity index is 2.37. The molecule has 4 heteroatoms. The first-order valence-corrected chi connectivity index (χ1v) is 6.15. The van der Waals surface area contributed by atoms with Gasteiger partial charge in [0.15, 0.2) is 6.10 Å². The lowest BCUT2D eigenvalue weighted by molar-refractivity contribution is -0.125. The summed E-state index contributed by atoms with van der Waals surface area (Å²) < 4.78 is 0. The fourth-order valence-electron chi connectivity index (χ4n) is 1.83. The van der Waals surface area contributed by atoms with E-state index in [4.69, 9.17) is 0 Å². The maximum atomic E-state index is 11.6. The molecule has 0 saturated carbocycles. The van der Waals surface area contributed by atoms with Gasteiger partial charge in [0, 0.05) is 22.8 Å². The van der Waals surface area contributed by atoms with Gasteiger partial charge in [-0.2, -0.15) is 0 Å². The van der Waals surface area contributed by atoms with E-state index in [0.717, 1.165) is 10.6 Å². The van der Waals surface area contributed by atoms with Gasteiger partial charge in [0.1, 0.15) is 0 Å². The number of fused-ring (bicyclic) bond motifs is 1. The average molecular weight is 237 g/mol. The summed E-state index contributed by atoms with van der Waals surface area (Å²) in [5, 5.41) is 10.2. The Morgan fingerprint density at radius 2 is 2.12 bits per heavy atom. The third-order valence-electron chi connectivity index (χ3n) is 2.59. The second-order valence-corrected chi connectivity index (χ2v) is 5.84. The molecule has 16 heavy (non-hydrogen) atoms. The van der Waals surface area contributed by atoms with E-state index in [1.54, 1.807) is 18.8 Å². The van der Waals surface area contributed by atoms with Crippen LogP contribution in [-0.2, 0) is 4.79 Å². The van der Waals surface area contributed by atoms with Crippen molar-refractivity contribution in [2.75, 3.05) is 11.9 Å². The van der Waals surface area contributed by atoms with Gasteiger partial charge in [0.2, 0.25) is 0 Å². The highest BCUT2D eigenvalue weighted by molar-refractivity contribution is 7.99. The lowest BCUT2D eigenvalue weighted by Crippen LogP contribution is -2.23. The number of rotatable bonds is 2. The Hall–Kier alpha value is -1.00. The van der Waals surface area contributed by atoms with E-state index in [2.05, 4.69) is 13.8 Å². The topological polar surface area (TPSA) is 40.5 Å². The first-order valence-electron chi connectivity index (χ1n) is 5.27. The van der Waals surface area contributed by atoms with Crippen LogP contribution in [0.4, 0.5) is 5.69 Å². The quantitative estimate of drug-likeness (QED) is 0.802. The molecule has 0 saturated heterocycles. The zero-order chi connectivity index (χ0) is 11.9. The number of aliphatic hydroxyl groups excluding tert-OH is 1. The molecule has 1 unspecified atom stereocenters. The van der Waals surface area contributed by atoms with E-state index in [1.165, 1.54) is 4.90 Å². The Labute approximate surface area is 99.5 Å². The molecule has 1 aliphatic heterocycles. The molecule has 0 aromatic heterocycles. The summed E-state index contributed by atoms with van der Waals surface area (Å²) in [7, 11) is 1.70. The Morgan fingerprint density at radius 3 is 2.75 bits per heavy atom. The Kier molecular flexibility index (Phi) is 2.95. The third-order valence-corrected chi connectivity index (χ3v) is 3.59. The first kappa shape index (κ1) is 11.5. The largest absolute Gasteiger partial charge is 0.378 e. The molecule has 3 nitrogen and oxygen atoms in total. The molecular formula is C12H15NO2S. The van der Waals surface area contributed by atoms with Crippen LogP contribution >= 0.6 is 11.8 Å². The van der Waals surface area contributed by atoms with Crippen LogP contribution in [0.3, 0.4) is 0 Å². The number of thioether (sulfide) groups is 1. The van der Waals surface area contributed by atoms with Crippen molar-refractivity contribution in [1.29, 1.82) is 0 Å². The van der Waals surface area contributed by atoms with Crippen molar-refractivity contribution in [3.63, 3.8) is 0 Å². The van der Waals surface area contributed by atoms with E-state index < -0.39 is 6.10 Å². The van der Waals surface area contributed by atoms with Gasteiger partial charge in [0.05, 0.1) is 5.69 Å². The summed E-state index contributed by atoms with van der Waals surface area (Å²) in [6.07, 6.45) is -0.988. The minimum absolute atomic E-state index is 0.248. The predicted octanol–water partition coefficient (Wildman–Crippen LogP) is 2.20. The van der Waals surface area contributed by atoms with Crippen molar-refractivity contribution in [1.82, 2.24) is 0 Å². The molecule has 1 N–H and O–H groups in total. The number of benzene rings is 1. The molecule has 0 spiro atoms. The van der Waals surface area contributed by atoms with Crippen molar-refractivity contribution in [3.8, 4) is 0 Å². The second kappa shape index (κ2) is 4.11. The smallest absolute Gasteiger partial charge is 0.260 e. The van der Waals surface area contributed by atoms with Crippen molar-refractivity contribution in [3.05, 3.63) is 23.8 Å². The molecular weight excluding hydrogens is 222 g/mol. The van der Waals surface area contributed by atoms with Gasteiger partial charge >= 0.3 is 0 Å². The number of carbonyl (C=O) groups excluding carboxylic acids is 1. The number of hydrogen-bond donors (Lipinski definition) is 1. The number of anilines is 1. The van der Waals surface area contributed by atoms with Crippen molar-refractivity contribution >= 4 is 23.4 Å². The molecule has 1 aromatic rings. The lowest BCUT2D eigenvalue weighted by atomic mass is 10.1. The Bertz CT molecular complexity index is 431. The van der Waals surface area contributed by atoms with E-state index in [1.807, 2.05) is 18.2 Å². The van der Waals surface area contributed by atoms with E-state index in [0.29, 0.717) is 10.8 Å². The predicted molar refractivity (Wildman–Crippen MR) is 65.8 cm³/mol. The monoisotopic (exact) mass is 237 g/mol. The summed E-state index contributed by atoms with van der Waals surface area (Å²) in [6, 6.07) is 5.76. The zero-order valence-corrected chi connectivity index (χ0v) is 10.4. The highest BCUT2D eigenvalue weighted by Crippen LogP contribution is 2.38. The number of amides is 1. The van der Waals surface area contributed by atoms with Gasteiger partial charge < -0.3 is 10.0 Å². The van der Waals surface area contributed by atoms with Crippen molar-refractivity contribution < 1.29 is 9.90 Å². The van der Waals surface area contributed by atoms with Crippen LogP contribution in [0.1, 0.15) is 25.5 Å². The number of carbonyl (C=O) groups is 1. The summed E-state index contributed by atoms with van der Waals surface area (Å²) in [5.74, 6) is -0.248. The molecule has 2 rings (SSSR count). The van der Waals surface area contributed by atoms with E-state index >= 15 is 0 Å². The maximum absolute atomic E-state index is 11.6. The number of nitrogens with zero attached hydrogens (tertiary/aromatic N) is 1. The van der Waals surface area contributed by atoms with Gasteiger partial charge in [-0.05, 0) is 12.1 Å². The van der Waals surface area contributed by atoms with Crippen LogP contribution < -0.4 is 4.90 Å². The number of hydrogen-bond acceptors (Lipinski definition) is 3. The summed E-state index contributed by atoms with van der Waals surface area (Å²) >= 11 is 1.75. The van der Waals surface area contributed by atoms with Crippen LogP contribution in [0.2, 0.25) is 0 Å². The van der Waals surface area contributed by atoms with Crippen LogP contribution in [0, 0.1) is 0 Å². The fourth-order valence-corrected chi connectivity index (χ4v) is 2.70. The molecule has 1 heterocycles. The molecule has 1 aromatic carbocycles. The zero-order valence-electron chi connectivity index (χ0n) is 9.60. The minimum atomic E-state index is -0.988. The molecule has 1 aliphatic rings. The van der Waals surface area contributed by atoms with Crippen LogP contribution in [0.15, 0.2) is 23.1 Å². The molecule has 0 fully saturated rings. The SMILES string of the molecule is CC(C)Sc1ccc2c(c1)N(C)C(=O)C2O. The molecule has 0 radical (unpaired) electrons. The highest BCUT2D eigenvalue weighted by atomic mass is 32.2. The van der Waals surface area contributed by atoms with Crippen LogP contribution in [-0.4, -0.2) is 23.3 Å². The van der Waals surface area contributed by atoms with Crippen molar-refractivity contribution in [2.24, 2.45) is 0 Å². The van der Waals surface area contributed by atoms with Crippen molar-refractivity contribution in [2.45, 2.75) is 30.1 Å². The van der Waals surface area contributed by atoms with Gasteiger partial charge in [-0.25, -0.2) is 0 Å². The molecule has 1 atom stereocenters. The third kappa shape index (κ3) is 1.83. The fraction of sp³-hybridized carbons (Fsp3) is 0.417. The second-order valence-electron chi connectivity index (χ2n) is 4.19. The maximum Gasteiger partial charge on any atom is 0.260 e. The molecule has 0 bridgehead atoms. The van der Waals surface area contributed by atoms with Gasteiger partial charge in [-0.3, -0.25) is 4.79 Å². The van der Waals surface area contributed by atoms with Crippen LogP contribution in [0.25, 0.3) is 0 Å². The average Bonchev–Trinajstić information content (AvgIpc) is 2.43. The molecule has 1 amide bonds. The standard InChI is InChI=1S/C12H15NO2S/c1-7(2)16-8-4-5-9-10(6-8)13(3)12(15)11(9)14/h4-7,11,14H,1-3H3. The Morgan fingerprint density at radius 1 is 1.44 bits per heavy atom. The first-order chi connectivity index (χ1) is 7.50. The minimum Gasteiger partial charge on any atom is -0.378 e. The highest BCUT2D eigenvalue weighted by Gasteiger charge is 2.33. The molecule has 0 aliphatic carbocycles. The van der Waals surface area contributed by atoms with Crippen LogP contribution in [0.5, 0.6) is 0 Å². The summed E-state index contributed by atoms with van der Waals surface area (Å²) in [6.45, 7) is 4.25. The summed E-state index contributed by atoms with van der Waals surface area (Å²) in [5.41, 5.74) is 1.53. The van der Waals surface area contributed by atoms with E-state index in [-0.39, 0.29) is 5.91 Å². The van der Waals surface area contributed by atoms with Gasteiger partial charge in [-0.15, -0.1) is 11.8 Å². The number of aliphatic hydroxyl groups is 1. The van der Waals surface area contributed by atoms with Gasteiger partial charge in [-0.1, -0.05) is 19.9 Å². The lowest BCUT2D eigenvalue weighted by Gasteiger charge is -2.11. The number of likely N-dealkylation sites (N-methyl/N-ethyl adjacent to an activating group) is 1. The molecule has 86 valence electrons. The normalized spacial score (nSPS) is 19.4.